The minimum atomic E-state index is 0.711. The van der Waals surface area contributed by atoms with Gasteiger partial charge in [-0.15, -0.1) is 0 Å². The number of rotatable bonds is 0. The van der Waals surface area contributed by atoms with Crippen LogP contribution in [0.3, 0.4) is 0 Å². The van der Waals surface area contributed by atoms with Gasteiger partial charge in [0.05, 0.1) is 15.4 Å². The molecule has 0 spiro atoms. The van der Waals surface area contributed by atoms with Gasteiger partial charge in [0.2, 0.25) is 0 Å². The van der Waals surface area contributed by atoms with Crippen LogP contribution in [0.5, 0.6) is 0 Å². The van der Waals surface area contributed by atoms with Crippen LogP contribution in [-0.2, 0) is 0 Å². The van der Waals surface area contributed by atoms with Gasteiger partial charge in [0.1, 0.15) is 11.3 Å². The third-order valence-corrected chi connectivity index (χ3v) is 4.15. The molecule has 0 aliphatic rings. The molecule has 0 atom stereocenters. The van der Waals surface area contributed by atoms with E-state index < -0.39 is 0 Å². The van der Waals surface area contributed by atoms with Gasteiger partial charge in [0, 0.05) is 34.6 Å². The number of thiol groups is 1. The molecular weight excluding hydrogens is 432 g/mol. The molecule has 24 heavy (non-hydrogen) atoms. The third kappa shape index (κ3) is 4.60. The Bertz CT molecular complexity index is 959. The Hall–Kier alpha value is -1.35. The van der Waals surface area contributed by atoms with E-state index >= 15 is 0 Å². The van der Waals surface area contributed by atoms with Crippen molar-refractivity contribution < 1.29 is 0 Å². The van der Waals surface area contributed by atoms with Crippen molar-refractivity contribution in [3.05, 3.63) is 57.5 Å². The summed E-state index contributed by atoms with van der Waals surface area (Å²) >= 11 is 18.3. The van der Waals surface area contributed by atoms with Gasteiger partial charge in [-0.3, -0.25) is 0 Å². The first-order chi connectivity index (χ1) is 11.6. The van der Waals surface area contributed by atoms with Crippen LogP contribution in [0.25, 0.3) is 22.1 Å². The van der Waals surface area contributed by atoms with Crippen molar-refractivity contribution in [3.63, 3.8) is 0 Å². The molecule has 0 bridgehead atoms. The fraction of sp³-hybridized carbons (Fsp3) is 0. The molecule has 121 valence electrons. The zero-order valence-electron chi connectivity index (χ0n) is 12.0. The summed E-state index contributed by atoms with van der Waals surface area (Å²) < 4.78 is 3.64. The van der Waals surface area contributed by atoms with Gasteiger partial charge < -0.3 is 9.97 Å². The number of aromatic nitrogens is 4. The van der Waals surface area contributed by atoms with Gasteiger partial charge in [-0.05, 0) is 34.1 Å². The molecule has 5 nitrogen and oxygen atoms in total. The maximum atomic E-state index is 5.91. The van der Waals surface area contributed by atoms with Crippen molar-refractivity contribution in [2.45, 2.75) is 0 Å². The second-order valence-electron chi connectivity index (χ2n) is 4.30. The molecule has 4 aromatic rings. The van der Waals surface area contributed by atoms with E-state index in [1.54, 1.807) is 24.5 Å². The first-order valence-corrected chi connectivity index (χ1v) is 8.42. The molecule has 0 fully saturated rings. The number of nitrogens with one attached hydrogen (secondary N) is 2. The van der Waals surface area contributed by atoms with Crippen LogP contribution in [0.15, 0.2) is 51.8 Å². The first-order valence-electron chi connectivity index (χ1n) is 6.47. The van der Waals surface area contributed by atoms with Crippen molar-refractivity contribution in [2.24, 2.45) is 4.30 Å². The quantitative estimate of drug-likeness (QED) is 0.253. The van der Waals surface area contributed by atoms with Crippen LogP contribution in [-0.4, -0.2) is 27.6 Å². The average molecular weight is 442 g/mol. The van der Waals surface area contributed by atoms with Gasteiger partial charge in [0.15, 0.2) is 0 Å². The minimum absolute atomic E-state index is 0.711. The summed E-state index contributed by atoms with van der Waals surface area (Å²) in [6.07, 6.45) is 7.00. The van der Waals surface area contributed by atoms with Crippen molar-refractivity contribution in [1.29, 1.82) is 0 Å². The van der Waals surface area contributed by atoms with E-state index in [-0.39, 0.29) is 0 Å². The fourth-order valence-electron chi connectivity index (χ4n) is 1.91. The summed E-state index contributed by atoms with van der Waals surface area (Å²) in [5.74, 6) is 0. The van der Waals surface area contributed by atoms with E-state index in [9.17, 15) is 0 Å². The molecule has 0 saturated heterocycles. The molecule has 0 aliphatic carbocycles. The SMILES string of the molecule is Clc1ccnc2[nH]cc(Br)c12.Clc1ccnc2[nH]ccc12.[B]=NS. The van der Waals surface area contributed by atoms with E-state index in [4.69, 9.17) is 23.2 Å². The van der Waals surface area contributed by atoms with E-state index in [2.05, 4.69) is 60.6 Å². The standard InChI is InChI=1S/C7H4BrClN2.C7H5ClN2.BHNS/c8-4-3-11-7-6(4)5(9)1-2-10-7;8-6-2-4-10-7-5(6)1-3-9-7;1-2-3/h1-3H,(H,10,11);1-4H,(H,9,10);3H. The number of pyridine rings is 2. The Morgan fingerprint density at radius 2 is 1.67 bits per heavy atom. The predicted molar refractivity (Wildman–Crippen MR) is 107 cm³/mol. The van der Waals surface area contributed by atoms with Gasteiger partial charge in [-0.2, -0.15) is 0 Å². The molecule has 0 aromatic carbocycles. The normalized spacial score (nSPS) is 9.79. The van der Waals surface area contributed by atoms with Gasteiger partial charge in [0.25, 0.3) is 0 Å². The molecule has 0 aliphatic heterocycles. The Labute approximate surface area is 163 Å². The molecule has 0 unspecified atom stereocenters. The number of H-pyrrole nitrogens is 2. The monoisotopic (exact) mass is 440 g/mol. The Kier molecular flexibility index (Phi) is 7.29. The van der Waals surface area contributed by atoms with Crippen LogP contribution in [0.4, 0.5) is 0 Å². The average Bonchev–Trinajstić information content (AvgIpc) is 3.17. The van der Waals surface area contributed by atoms with E-state index in [0.717, 1.165) is 31.6 Å². The number of aromatic amines is 2. The number of hydrogen-bond donors (Lipinski definition) is 3. The molecular formula is C14H10BBrCl2N5S. The molecule has 10 heteroatoms. The topological polar surface area (TPSA) is 69.7 Å². The van der Waals surface area contributed by atoms with E-state index in [1.807, 2.05) is 18.5 Å². The number of nitrogens with zero attached hydrogens (tertiary/aromatic N) is 3. The Morgan fingerprint density at radius 3 is 2.29 bits per heavy atom. The predicted octanol–water partition coefficient (Wildman–Crippen LogP) is 5.38. The maximum absolute atomic E-state index is 5.91. The van der Waals surface area contributed by atoms with Crippen molar-refractivity contribution in [3.8, 4) is 0 Å². The van der Waals surface area contributed by atoms with Crippen LogP contribution in [0, 0.1) is 0 Å². The second-order valence-corrected chi connectivity index (χ2v) is 6.20. The Morgan fingerprint density at radius 1 is 1.04 bits per heavy atom. The Balaban J connectivity index is 0.000000150. The first kappa shape index (κ1) is 19.0. The summed E-state index contributed by atoms with van der Waals surface area (Å²) in [5.41, 5.74) is 1.65. The summed E-state index contributed by atoms with van der Waals surface area (Å²) in [4.78, 5) is 14.1. The molecule has 1 radical (unpaired) electrons. The third-order valence-electron chi connectivity index (χ3n) is 2.88. The summed E-state index contributed by atoms with van der Waals surface area (Å²) in [6, 6.07) is 5.45. The van der Waals surface area contributed by atoms with Crippen LogP contribution in [0.1, 0.15) is 0 Å². The molecule has 4 aromatic heterocycles. The summed E-state index contributed by atoms with van der Waals surface area (Å²) in [6.45, 7) is 0. The van der Waals surface area contributed by atoms with Crippen LogP contribution >= 0.6 is 51.9 Å². The van der Waals surface area contributed by atoms with Crippen LogP contribution < -0.4 is 0 Å². The van der Waals surface area contributed by atoms with E-state index in [1.165, 1.54) is 0 Å². The zero-order chi connectivity index (χ0) is 17.5. The molecule has 0 saturated carbocycles. The zero-order valence-corrected chi connectivity index (χ0v) is 16.0. The van der Waals surface area contributed by atoms with E-state index in [0.29, 0.717) is 5.02 Å². The molecule has 4 heterocycles. The van der Waals surface area contributed by atoms with Crippen molar-refractivity contribution in [2.75, 3.05) is 0 Å². The van der Waals surface area contributed by atoms with Crippen molar-refractivity contribution >= 4 is 81.7 Å². The van der Waals surface area contributed by atoms with Gasteiger partial charge in [-0.1, -0.05) is 23.2 Å². The molecule has 2 N–H and O–H groups in total. The van der Waals surface area contributed by atoms with Gasteiger partial charge >= 0.3 is 24.8 Å². The van der Waals surface area contributed by atoms with Crippen LogP contribution in [0.2, 0.25) is 10.0 Å². The fourth-order valence-corrected chi connectivity index (χ4v) is 2.99. The number of fused-ring (bicyclic) bond motifs is 2. The van der Waals surface area contributed by atoms with Gasteiger partial charge in [-0.25, -0.2) is 9.97 Å². The number of halogens is 3. The summed E-state index contributed by atoms with van der Waals surface area (Å²) in [5, 5.41) is 3.37. The molecule has 4 rings (SSSR count). The summed E-state index contributed by atoms with van der Waals surface area (Å²) in [7, 11) is 4.34. The van der Waals surface area contributed by atoms with Crippen molar-refractivity contribution in [1.82, 2.24) is 19.9 Å². The molecule has 0 amide bonds. The second kappa shape index (κ2) is 9.22. The number of hydrogen-bond acceptors (Lipinski definition) is 4.